The molecule has 1 aliphatic carbocycles. The Labute approximate surface area is 76.4 Å². The van der Waals surface area contributed by atoms with Crippen LogP contribution in [0, 0.1) is 11.8 Å². The quantitative estimate of drug-likeness (QED) is 0.758. The molecule has 0 aliphatic heterocycles. The molecule has 0 radical (unpaired) electrons. The first kappa shape index (κ1) is 8.23. The number of hydrogen-bond donors (Lipinski definition) is 1. The van der Waals surface area contributed by atoms with E-state index in [0.29, 0.717) is 5.92 Å². The summed E-state index contributed by atoms with van der Waals surface area (Å²) < 4.78 is 0. The SMILES string of the molecule is O=C(O)C1CC1Cc1cccnc1. The van der Waals surface area contributed by atoms with Crippen LogP contribution in [0.1, 0.15) is 12.0 Å². The fourth-order valence-electron chi connectivity index (χ4n) is 1.60. The summed E-state index contributed by atoms with van der Waals surface area (Å²) in [6, 6.07) is 3.87. The first-order valence-corrected chi connectivity index (χ1v) is 4.39. The minimum Gasteiger partial charge on any atom is -0.481 e. The van der Waals surface area contributed by atoms with Crippen molar-refractivity contribution >= 4 is 5.97 Å². The van der Waals surface area contributed by atoms with E-state index < -0.39 is 5.97 Å². The Bertz CT molecular complexity index is 310. The predicted molar refractivity (Wildman–Crippen MR) is 47.2 cm³/mol. The Hall–Kier alpha value is -1.38. The van der Waals surface area contributed by atoms with Gasteiger partial charge in [0.2, 0.25) is 0 Å². The van der Waals surface area contributed by atoms with Crippen molar-refractivity contribution in [1.82, 2.24) is 4.98 Å². The van der Waals surface area contributed by atoms with E-state index in [-0.39, 0.29) is 5.92 Å². The summed E-state index contributed by atoms with van der Waals surface area (Å²) in [5.74, 6) is -0.434. The normalized spacial score (nSPS) is 25.5. The largest absolute Gasteiger partial charge is 0.481 e. The number of hydrogen-bond acceptors (Lipinski definition) is 2. The maximum atomic E-state index is 10.5. The molecular formula is C10H11NO2. The standard InChI is InChI=1S/C10H11NO2/c12-10(13)9-5-8(9)4-7-2-1-3-11-6-7/h1-3,6,8-9H,4-5H2,(H,12,13). The summed E-state index contributed by atoms with van der Waals surface area (Å²) in [6.45, 7) is 0. The first-order valence-electron chi connectivity index (χ1n) is 4.39. The summed E-state index contributed by atoms with van der Waals surface area (Å²) in [6.07, 6.45) is 5.21. The molecular weight excluding hydrogens is 166 g/mol. The van der Waals surface area contributed by atoms with Gasteiger partial charge in [0.25, 0.3) is 0 Å². The molecule has 1 N–H and O–H groups in total. The summed E-state index contributed by atoms with van der Waals surface area (Å²) in [5, 5.41) is 8.69. The third kappa shape index (κ3) is 1.86. The molecule has 68 valence electrons. The highest BCUT2D eigenvalue weighted by atomic mass is 16.4. The van der Waals surface area contributed by atoms with Crippen molar-refractivity contribution < 1.29 is 9.90 Å². The van der Waals surface area contributed by atoms with Gasteiger partial charge in [-0.15, -0.1) is 0 Å². The summed E-state index contributed by atoms with van der Waals surface area (Å²) >= 11 is 0. The molecule has 1 aromatic heterocycles. The average Bonchev–Trinajstić information content (AvgIpc) is 2.86. The second-order valence-electron chi connectivity index (χ2n) is 3.51. The first-order chi connectivity index (χ1) is 6.27. The number of aromatic nitrogens is 1. The second kappa shape index (κ2) is 3.17. The van der Waals surface area contributed by atoms with Crippen LogP contribution in [-0.4, -0.2) is 16.1 Å². The lowest BCUT2D eigenvalue weighted by Gasteiger charge is -1.96. The molecule has 2 unspecified atom stereocenters. The molecule has 0 spiro atoms. The van der Waals surface area contributed by atoms with E-state index in [1.54, 1.807) is 12.4 Å². The van der Waals surface area contributed by atoms with E-state index in [4.69, 9.17) is 5.11 Å². The molecule has 13 heavy (non-hydrogen) atoms. The molecule has 1 aromatic rings. The monoisotopic (exact) mass is 177 g/mol. The maximum absolute atomic E-state index is 10.5. The van der Waals surface area contributed by atoms with Crippen LogP contribution < -0.4 is 0 Å². The van der Waals surface area contributed by atoms with E-state index in [9.17, 15) is 4.79 Å². The lowest BCUT2D eigenvalue weighted by molar-refractivity contribution is -0.138. The van der Waals surface area contributed by atoms with Gasteiger partial charge in [-0.1, -0.05) is 6.07 Å². The van der Waals surface area contributed by atoms with Crippen LogP contribution in [0.15, 0.2) is 24.5 Å². The van der Waals surface area contributed by atoms with Crippen molar-refractivity contribution in [3.8, 4) is 0 Å². The van der Waals surface area contributed by atoms with Gasteiger partial charge >= 0.3 is 5.97 Å². The van der Waals surface area contributed by atoms with E-state index in [0.717, 1.165) is 18.4 Å². The van der Waals surface area contributed by atoms with Crippen molar-refractivity contribution in [1.29, 1.82) is 0 Å². The van der Waals surface area contributed by atoms with Crippen LogP contribution in [0.4, 0.5) is 0 Å². The van der Waals surface area contributed by atoms with Gasteiger partial charge in [-0.25, -0.2) is 0 Å². The fourth-order valence-corrected chi connectivity index (χ4v) is 1.60. The van der Waals surface area contributed by atoms with E-state index in [1.807, 2.05) is 12.1 Å². The average molecular weight is 177 g/mol. The van der Waals surface area contributed by atoms with Crippen molar-refractivity contribution in [2.75, 3.05) is 0 Å². The number of pyridine rings is 1. The highest BCUT2D eigenvalue weighted by Gasteiger charge is 2.42. The van der Waals surface area contributed by atoms with E-state index >= 15 is 0 Å². The van der Waals surface area contributed by atoms with Crippen molar-refractivity contribution in [2.45, 2.75) is 12.8 Å². The van der Waals surface area contributed by atoms with Gasteiger partial charge in [0.05, 0.1) is 5.92 Å². The van der Waals surface area contributed by atoms with E-state index in [2.05, 4.69) is 4.98 Å². The number of carbonyl (C=O) groups is 1. The van der Waals surface area contributed by atoms with Crippen LogP contribution in [0.3, 0.4) is 0 Å². The third-order valence-electron chi connectivity index (χ3n) is 2.46. The van der Waals surface area contributed by atoms with Crippen molar-refractivity contribution in [2.24, 2.45) is 11.8 Å². The lowest BCUT2D eigenvalue weighted by atomic mass is 10.1. The van der Waals surface area contributed by atoms with Crippen LogP contribution >= 0.6 is 0 Å². The van der Waals surface area contributed by atoms with Crippen molar-refractivity contribution in [3.05, 3.63) is 30.1 Å². The highest BCUT2D eigenvalue weighted by Crippen LogP contribution is 2.40. The van der Waals surface area contributed by atoms with Gasteiger partial charge in [0.1, 0.15) is 0 Å². The van der Waals surface area contributed by atoms with Gasteiger partial charge < -0.3 is 5.11 Å². The Morgan fingerprint density at radius 1 is 1.69 bits per heavy atom. The molecule has 1 heterocycles. The number of carboxylic acid groups (broad SMARTS) is 1. The zero-order valence-electron chi connectivity index (χ0n) is 7.18. The van der Waals surface area contributed by atoms with Gasteiger partial charge in [0, 0.05) is 12.4 Å². The molecule has 2 atom stereocenters. The van der Waals surface area contributed by atoms with Gasteiger partial charge in [-0.05, 0) is 30.4 Å². The summed E-state index contributed by atoms with van der Waals surface area (Å²) in [4.78, 5) is 14.5. The topological polar surface area (TPSA) is 50.2 Å². The molecule has 3 nitrogen and oxygen atoms in total. The van der Waals surface area contributed by atoms with Crippen LogP contribution in [0.2, 0.25) is 0 Å². The second-order valence-corrected chi connectivity index (χ2v) is 3.51. The highest BCUT2D eigenvalue weighted by molar-refractivity contribution is 5.73. The van der Waals surface area contributed by atoms with Crippen LogP contribution in [0.25, 0.3) is 0 Å². The Balaban J connectivity index is 1.92. The Morgan fingerprint density at radius 3 is 3.08 bits per heavy atom. The Kier molecular flexibility index (Phi) is 2.00. The zero-order chi connectivity index (χ0) is 9.26. The van der Waals surface area contributed by atoms with Gasteiger partial charge in [-0.3, -0.25) is 9.78 Å². The molecule has 0 saturated heterocycles. The molecule has 1 saturated carbocycles. The molecule has 0 aromatic carbocycles. The number of rotatable bonds is 3. The summed E-state index contributed by atoms with van der Waals surface area (Å²) in [5.41, 5.74) is 1.14. The Morgan fingerprint density at radius 2 is 2.54 bits per heavy atom. The molecule has 0 amide bonds. The van der Waals surface area contributed by atoms with Gasteiger partial charge in [-0.2, -0.15) is 0 Å². The number of carboxylic acids is 1. The lowest BCUT2D eigenvalue weighted by Crippen LogP contribution is -2.01. The smallest absolute Gasteiger partial charge is 0.306 e. The predicted octanol–water partition coefficient (Wildman–Crippen LogP) is 1.34. The van der Waals surface area contributed by atoms with Crippen LogP contribution in [0.5, 0.6) is 0 Å². The molecule has 3 heteroatoms. The van der Waals surface area contributed by atoms with Crippen LogP contribution in [-0.2, 0) is 11.2 Å². The molecule has 1 fully saturated rings. The van der Waals surface area contributed by atoms with Crippen molar-refractivity contribution in [3.63, 3.8) is 0 Å². The molecule has 2 rings (SSSR count). The number of aliphatic carboxylic acids is 1. The third-order valence-corrected chi connectivity index (χ3v) is 2.46. The maximum Gasteiger partial charge on any atom is 0.306 e. The fraction of sp³-hybridized carbons (Fsp3) is 0.400. The van der Waals surface area contributed by atoms with E-state index in [1.165, 1.54) is 0 Å². The summed E-state index contributed by atoms with van der Waals surface area (Å²) in [7, 11) is 0. The molecule has 1 aliphatic rings. The number of nitrogens with zero attached hydrogens (tertiary/aromatic N) is 1. The minimum atomic E-state index is -0.658. The molecule has 0 bridgehead atoms. The minimum absolute atomic E-state index is 0.111. The van der Waals surface area contributed by atoms with Gasteiger partial charge in [0.15, 0.2) is 0 Å². The zero-order valence-corrected chi connectivity index (χ0v) is 7.18.